The summed E-state index contributed by atoms with van der Waals surface area (Å²) in [6.45, 7) is 3.27. The molecule has 0 saturated heterocycles. The van der Waals surface area contributed by atoms with E-state index in [1.54, 1.807) is 12.1 Å². The van der Waals surface area contributed by atoms with Crippen molar-refractivity contribution >= 4 is 30.1 Å². The molecular weight excluding hydrogens is 264 g/mol. The van der Waals surface area contributed by atoms with Crippen molar-refractivity contribution in [2.75, 3.05) is 18.2 Å². The third-order valence-corrected chi connectivity index (χ3v) is 2.85. The van der Waals surface area contributed by atoms with Crippen LogP contribution < -0.4 is 15.4 Å². The highest BCUT2D eigenvalue weighted by Crippen LogP contribution is 2.25. The Morgan fingerprint density at radius 3 is 2.63 bits per heavy atom. The molecule has 2 N–H and O–H groups in total. The molecule has 2 amide bonds. The first-order chi connectivity index (χ1) is 8.97. The summed E-state index contributed by atoms with van der Waals surface area (Å²) in [5.41, 5.74) is 1.57. The fourth-order valence-electron chi connectivity index (χ4n) is 1.58. The second kappa shape index (κ2) is 7.04. The maximum absolute atomic E-state index is 12.0. The number of hydrogen-bond acceptors (Lipinski definition) is 4. The third-order valence-electron chi connectivity index (χ3n) is 2.49. The van der Waals surface area contributed by atoms with E-state index in [4.69, 9.17) is 4.74 Å². The number of anilines is 1. The van der Waals surface area contributed by atoms with Crippen LogP contribution in [0.25, 0.3) is 0 Å². The number of thiol groups is 1. The highest BCUT2D eigenvalue weighted by Gasteiger charge is 2.19. The molecule has 0 aliphatic carbocycles. The molecule has 0 bridgehead atoms. The molecule has 5 nitrogen and oxygen atoms in total. The van der Waals surface area contributed by atoms with Crippen molar-refractivity contribution in [3.8, 4) is 5.75 Å². The lowest BCUT2D eigenvalue weighted by molar-refractivity contribution is -0.124. The fourth-order valence-corrected chi connectivity index (χ4v) is 1.84. The number of aryl methyl sites for hydroxylation is 1. The number of amides is 2. The van der Waals surface area contributed by atoms with Gasteiger partial charge in [0, 0.05) is 12.7 Å². The molecule has 104 valence electrons. The Morgan fingerprint density at radius 2 is 2.11 bits per heavy atom. The zero-order valence-electron chi connectivity index (χ0n) is 11.2. The summed E-state index contributed by atoms with van der Waals surface area (Å²) in [6.07, 6.45) is 0. The minimum Gasteiger partial charge on any atom is -0.495 e. The minimum absolute atomic E-state index is 0.222. The van der Waals surface area contributed by atoms with Crippen molar-refractivity contribution in [1.29, 1.82) is 0 Å². The number of rotatable bonds is 5. The molecule has 0 aliphatic rings. The standard InChI is InChI=1S/C13H18N2O3S/c1-8-4-5-12(18-3)10(6-8)15-13(17)11(7-19)14-9(2)16/h4-6,11,19H,7H2,1-3H3,(H,14,16)(H,15,17). The number of carbonyl (C=O) groups excluding carboxylic acids is 2. The Balaban J connectivity index is 2.85. The second-order valence-corrected chi connectivity index (χ2v) is 4.49. The van der Waals surface area contributed by atoms with Crippen LogP contribution in [0, 0.1) is 6.92 Å². The number of benzene rings is 1. The van der Waals surface area contributed by atoms with Crippen LogP contribution in [-0.4, -0.2) is 30.7 Å². The van der Waals surface area contributed by atoms with E-state index in [2.05, 4.69) is 23.3 Å². The topological polar surface area (TPSA) is 67.4 Å². The predicted octanol–water partition coefficient (Wildman–Crippen LogP) is 1.38. The van der Waals surface area contributed by atoms with Gasteiger partial charge in [-0.2, -0.15) is 12.6 Å². The van der Waals surface area contributed by atoms with E-state index in [1.165, 1.54) is 14.0 Å². The van der Waals surface area contributed by atoms with E-state index in [0.717, 1.165) is 5.56 Å². The Hall–Kier alpha value is -1.69. The van der Waals surface area contributed by atoms with Crippen LogP contribution in [0.1, 0.15) is 12.5 Å². The first kappa shape index (κ1) is 15.4. The van der Waals surface area contributed by atoms with E-state index in [-0.39, 0.29) is 17.6 Å². The van der Waals surface area contributed by atoms with E-state index < -0.39 is 6.04 Å². The summed E-state index contributed by atoms with van der Waals surface area (Å²) in [5, 5.41) is 5.26. The molecule has 19 heavy (non-hydrogen) atoms. The van der Waals surface area contributed by atoms with Gasteiger partial charge in [-0.05, 0) is 24.6 Å². The van der Waals surface area contributed by atoms with Gasteiger partial charge in [-0.25, -0.2) is 0 Å². The molecule has 1 aromatic carbocycles. The maximum atomic E-state index is 12.0. The molecule has 0 aliphatic heterocycles. The molecule has 1 rings (SSSR count). The van der Waals surface area contributed by atoms with E-state index in [9.17, 15) is 9.59 Å². The van der Waals surface area contributed by atoms with Crippen LogP contribution in [0.4, 0.5) is 5.69 Å². The average molecular weight is 282 g/mol. The van der Waals surface area contributed by atoms with Gasteiger partial charge in [0.15, 0.2) is 0 Å². The molecule has 0 aromatic heterocycles. The second-order valence-electron chi connectivity index (χ2n) is 4.13. The third kappa shape index (κ3) is 4.48. The van der Waals surface area contributed by atoms with Crippen LogP contribution in [0.3, 0.4) is 0 Å². The number of methoxy groups -OCH3 is 1. The molecule has 0 saturated carbocycles. The molecule has 1 atom stereocenters. The molecule has 0 heterocycles. The van der Waals surface area contributed by atoms with Crippen molar-refractivity contribution in [1.82, 2.24) is 5.32 Å². The van der Waals surface area contributed by atoms with Crippen molar-refractivity contribution < 1.29 is 14.3 Å². The van der Waals surface area contributed by atoms with Crippen molar-refractivity contribution in [2.24, 2.45) is 0 Å². The van der Waals surface area contributed by atoms with Gasteiger partial charge in [0.25, 0.3) is 0 Å². The Bertz CT molecular complexity index is 477. The Morgan fingerprint density at radius 1 is 1.42 bits per heavy atom. The lowest BCUT2D eigenvalue weighted by atomic mass is 10.2. The predicted molar refractivity (Wildman–Crippen MR) is 77.8 cm³/mol. The normalized spacial score (nSPS) is 11.6. The summed E-state index contributed by atoms with van der Waals surface area (Å²) < 4.78 is 5.17. The number of nitrogens with one attached hydrogen (secondary N) is 2. The van der Waals surface area contributed by atoms with E-state index >= 15 is 0 Å². The Kier molecular flexibility index (Phi) is 5.69. The van der Waals surface area contributed by atoms with Gasteiger partial charge in [0.1, 0.15) is 11.8 Å². The van der Waals surface area contributed by atoms with Crippen LogP contribution in [-0.2, 0) is 9.59 Å². The van der Waals surface area contributed by atoms with Crippen molar-refractivity contribution in [2.45, 2.75) is 19.9 Å². The van der Waals surface area contributed by atoms with Gasteiger partial charge in [-0.1, -0.05) is 6.07 Å². The van der Waals surface area contributed by atoms with Crippen LogP contribution in [0.15, 0.2) is 18.2 Å². The smallest absolute Gasteiger partial charge is 0.247 e. The summed E-state index contributed by atoms with van der Waals surface area (Å²) >= 11 is 4.06. The number of carbonyl (C=O) groups is 2. The zero-order valence-corrected chi connectivity index (χ0v) is 12.1. The summed E-state index contributed by atoms with van der Waals surface area (Å²) in [5.74, 6) is 0.193. The number of ether oxygens (including phenoxy) is 1. The van der Waals surface area contributed by atoms with Gasteiger partial charge in [-0.15, -0.1) is 0 Å². The lowest BCUT2D eigenvalue weighted by Crippen LogP contribution is -2.44. The quantitative estimate of drug-likeness (QED) is 0.715. The maximum Gasteiger partial charge on any atom is 0.247 e. The average Bonchev–Trinajstić information content (AvgIpc) is 2.35. The first-order valence-corrected chi connectivity index (χ1v) is 6.44. The monoisotopic (exact) mass is 282 g/mol. The molecule has 6 heteroatoms. The summed E-state index contributed by atoms with van der Waals surface area (Å²) in [6, 6.07) is 4.79. The molecule has 1 unspecified atom stereocenters. The molecule has 1 aromatic rings. The van der Waals surface area contributed by atoms with Crippen LogP contribution in [0.5, 0.6) is 5.75 Å². The van der Waals surface area contributed by atoms with E-state index in [1.807, 2.05) is 13.0 Å². The van der Waals surface area contributed by atoms with Gasteiger partial charge >= 0.3 is 0 Å². The highest BCUT2D eigenvalue weighted by molar-refractivity contribution is 7.80. The van der Waals surface area contributed by atoms with Crippen molar-refractivity contribution in [3.63, 3.8) is 0 Å². The van der Waals surface area contributed by atoms with Gasteiger partial charge in [0.05, 0.1) is 12.8 Å². The van der Waals surface area contributed by atoms with Crippen molar-refractivity contribution in [3.05, 3.63) is 23.8 Å². The molecular formula is C13H18N2O3S. The molecule has 0 radical (unpaired) electrons. The summed E-state index contributed by atoms with van der Waals surface area (Å²) in [7, 11) is 1.53. The molecule has 0 spiro atoms. The number of hydrogen-bond donors (Lipinski definition) is 3. The fraction of sp³-hybridized carbons (Fsp3) is 0.385. The minimum atomic E-state index is -0.675. The SMILES string of the molecule is COc1ccc(C)cc1NC(=O)C(CS)NC(C)=O. The van der Waals surface area contributed by atoms with Crippen LogP contribution in [0.2, 0.25) is 0 Å². The van der Waals surface area contributed by atoms with Gasteiger partial charge in [0.2, 0.25) is 11.8 Å². The molecule has 0 fully saturated rings. The van der Waals surface area contributed by atoms with Gasteiger partial charge in [-0.3, -0.25) is 9.59 Å². The summed E-state index contributed by atoms with van der Waals surface area (Å²) in [4.78, 5) is 23.0. The highest BCUT2D eigenvalue weighted by atomic mass is 32.1. The van der Waals surface area contributed by atoms with Gasteiger partial charge < -0.3 is 15.4 Å². The van der Waals surface area contributed by atoms with E-state index in [0.29, 0.717) is 11.4 Å². The lowest BCUT2D eigenvalue weighted by Gasteiger charge is -2.17. The zero-order chi connectivity index (χ0) is 14.4. The first-order valence-electron chi connectivity index (χ1n) is 5.81. The van der Waals surface area contributed by atoms with Crippen LogP contribution >= 0.6 is 12.6 Å². The Labute approximate surface area is 118 Å². The largest absolute Gasteiger partial charge is 0.495 e.